The van der Waals surface area contributed by atoms with Crippen molar-refractivity contribution in [3.8, 4) is 11.5 Å². The summed E-state index contributed by atoms with van der Waals surface area (Å²) >= 11 is 6.90. The second kappa shape index (κ2) is 10.1. The Balaban J connectivity index is 1.07. The summed E-state index contributed by atoms with van der Waals surface area (Å²) in [5.74, 6) is -1.00. The minimum Gasteiger partial charge on any atom is -0.477 e. The number of benzene rings is 1. The number of rotatable bonds is 7. The van der Waals surface area contributed by atoms with Crippen molar-refractivity contribution in [2.75, 3.05) is 37.7 Å². The van der Waals surface area contributed by atoms with Gasteiger partial charge in [0.25, 0.3) is 5.79 Å². The summed E-state index contributed by atoms with van der Waals surface area (Å²) in [5, 5.41) is 9.93. The smallest absolute Gasteiger partial charge is 0.349 e. The number of carboxylic acid groups (broad SMARTS) is 1. The van der Waals surface area contributed by atoms with Crippen LogP contribution in [0, 0.1) is 5.82 Å². The highest BCUT2D eigenvalue weighted by atomic mass is 35.5. The van der Waals surface area contributed by atoms with E-state index < -0.39 is 17.6 Å². The number of carbonyl (C=O) groups is 1. The van der Waals surface area contributed by atoms with Crippen molar-refractivity contribution in [2.45, 2.75) is 38.3 Å². The number of aromatic nitrogens is 3. The third kappa shape index (κ3) is 4.68. The first-order valence-corrected chi connectivity index (χ1v) is 14.6. The van der Waals surface area contributed by atoms with Crippen LogP contribution < -0.4 is 14.4 Å². The van der Waals surface area contributed by atoms with Crippen LogP contribution in [0.3, 0.4) is 0 Å². The lowest BCUT2D eigenvalue weighted by Crippen LogP contribution is -2.46. The number of aromatic carboxylic acids is 1. The number of nitrogens with zero attached hydrogens (tertiary/aromatic N) is 5. The van der Waals surface area contributed by atoms with Gasteiger partial charge in [0.05, 0.1) is 29.9 Å². The average molecular weight is 600 g/mol. The van der Waals surface area contributed by atoms with E-state index in [0.29, 0.717) is 46.7 Å². The van der Waals surface area contributed by atoms with Gasteiger partial charge in [-0.05, 0) is 30.7 Å². The fourth-order valence-corrected chi connectivity index (χ4v) is 6.58. The third-order valence-electron chi connectivity index (χ3n) is 7.82. The Hall–Kier alpha value is -3.45. The number of hydrogen-bond donors (Lipinski definition) is 1. The monoisotopic (exact) mass is 599 g/mol. The fraction of sp³-hybridized carbons (Fsp3) is 0.393. The van der Waals surface area contributed by atoms with E-state index in [1.165, 1.54) is 0 Å². The quantitative estimate of drug-likeness (QED) is 0.323. The zero-order valence-electron chi connectivity index (χ0n) is 22.2. The molecule has 2 fully saturated rings. The van der Waals surface area contributed by atoms with Gasteiger partial charge in [-0.15, -0.1) is 11.3 Å². The Morgan fingerprint density at radius 1 is 1.22 bits per heavy atom. The number of hydrogen-bond acceptors (Lipinski definition) is 9. The van der Waals surface area contributed by atoms with Crippen LogP contribution in [0.25, 0.3) is 10.3 Å². The number of para-hydroxylation sites is 1. The molecule has 7 rings (SSSR count). The summed E-state index contributed by atoms with van der Waals surface area (Å²) in [5.41, 5.74) is 1.84. The van der Waals surface area contributed by atoms with Crippen molar-refractivity contribution >= 4 is 44.9 Å². The van der Waals surface area contributed by atoms with E-state index in [2.05, 4.69) is 19.8 Å². The second-order valence-electron chi connectivity index (χ2n) is 10.5. The molecule has 2 atom stereocenters. The van der Waals surface area contributed by atoms with Crippen LogP contribution in [-0.4, -0.2) is 69.4 Å². The maximum atomic E-state index is 15.1. The Kier molecular flexibility index (Phi) is 6.53. The molecule has 13 heteroatoms. The standard InChI is InChI=1S/C28H27ClFN5O5S/c1-28(20-6-5-16(29)13-31-20)39-19-4-2-3-18(24(19)40-28)34-10-8-33(9-11-34)15-21-32-26-23(22(30)25(41-26)27(36)37)35(21)14-17-7-12-38-17/h2-6,13,17H,7-12,14-15H2,1H3,(H,36,37)/t17-,28-/m0/s1. The number of pyridine rings is 1. The molecular weight excluding hydrogens is 573 g/mol. The van der Waals surface area contributed by atoms with Crippen molar-refractivity contribution in [2.24, 2.45) is 0 Å². The van der Waals surface area contributed by atoms with E-state index in [1.807, 2.05) is 29.7 Å². The molecule has 0 amide bonds. The summed E-state index contributed by atoms with van der Waals surface area (Å²) in [6.45, 7) is 6.49. The zero-order valence-corrected chi connectivity index (χ0v) is 23.8. The van der Waals surface area contributed by atoms with Crippen molar-refractivity contribution < 1.29 is 28.5 Å². The maximum Gasteiger partial charge on any atom is 0.349 e. The molecule has 1 aromatic carbocycles. The van der Waals surface area contributed by atoms with Crippen molar-refractivity contribution in [1.29, 1.82) is 0 Å². The number of imidazole rings is 1. The fourth-order valence-electron chi connectivity index (χ4n) is 5.55. The molecule has 1 N–H and O–H groups in total. The van der Waals surface area contributed by atoms with Gasteiger partial charge in [0.2, 0.25) is 0 Å². The highest BCUT2D eigenvalue weighted by Crippen LogP contribution is 2.49. The predicted molar refractivity (Wildman–Crippen MR) is 151 cm³/mol. The van der Waals surface area contributed by atoms with E-state index in [4.69, 9.17) is 25.8 Å². The Bertz CT molecular complexity index is 1630. The van der Waals surface area contributed by atoms with Gasteiger partial charge in [0, 0.05) is 45.9 Å². The van der Waals surface area contributed by atoms with Crippen molar-refractivity contribution in [3.63, 3.8) is 0 Å². The molecule has 41 heavy (non-hydrogen) atoms. The van der Waals surface area contributed by atoms with Crippen molar-refractivity contribution in [3.05, 3.63) is 63.8 Å². The molecule has 0 aliphatic carbocycles. The number of fused-ring (bicyclic) bond motifs is 2. The number of halogens is 2. The van der Waals surface area contributed by atoms with Crippen LogP contribution in [0.5, 0.6) is 11.5 Å². The number of ether oxygens (including phenoxy) is 3. The average Bonchev–Trinajstić information content (AvgIpc) is 3.57. The van der Waals surface area contributed by atoms with Gasteiger partial charge < -0.3 is 28.8 Å². The van der Waals surface area contributed by atoms with E-state index in [-0.39, 0.29) is 16.5 Å². The largest absolute Gasteiger partial charge is 0.477 e. The number of thiophene rings is 1. The molecule has 2 saturated heterocycles. The molecule has 4 aromatic rings. The Morgan fingerprint density at radius 2 is 2.02 bits per heavy atom. The molecule has 3 aliphatic heterocycles. The van der Waals surface area contributed by atoms with Gasteiger partial charge in [-0.2, -0.15) is 0 Å². The first-order chi connectivity index (χ1) is 19.8. The van der Waals surface area contributed by atoms with Gasteiger partial charge >= 0.3 is 5.97 Å². The Morgan fingerprint density at radius 3 is 2.71 bits per heavy atom. The molecule has 0 bridgehead atoms. The number of anilines is 1. The van der Waals surface area contributed by atoms with Crippen LogP contribution in [0.15, 0.2) is 36.5 Å². The zero-order chi connectivity index (χ0) is 28.3. The molecule has 0 spiro atoms. The number of piperazine rings is 1. The molecule has 3 aromatic heterocycles. The lowest BCUT2D eigenvalue weighted by Gasteiger charge is -2.36. The number of carboxylic acids is 1. The first-order valence-electron chi connectivity index (χ1n) is 13.4. The van der Waals surface area contributed by atoms with Crippen LogP contribution in [0.4, 0.5) is 10.1 Å². The lowest BCUT2D eigenvalue weighted by atomic mass is 10.2. The van der Waals surface area contributed by atoms with Gasteiger partial charge in [-0.3, -0.25) is 9.88 Å². The molecule has 3 aliphatic rings. The minimum atomic E-state index is -1.28. The van der Waals surface area contributed by atoms with Crippen LogP contribution in [0.2, 0.25) is 5.02 Å². The second-order valence-corrected chi connectivity index (χ2v) is 11.9. The van der Waals surface area contributed by atoms with Crippen LogP contribution >= 0.6 is 22.9 Å². The topological polar surface area (TPSA) is 102 Å². The summed E-state index contributed by atoms with van der Waals surface area (Å²) < 4.78 is 35.1. The summed E-state index contributed by atoms with van der Waals surface area (Å²) in [4.78, 5) is 25.2. The SMILES string of the molecule is C[C@]1(c2ccc(Cl)cn2)Oc2cccc(N3CCN(Cc4nc5sc(C(=O)O)c(F)c5n4C[C@@H]4CCO4)CC3)c2O1. The Labute approximate surface area is 243 Å². The van der Waals surface area contributed by atoms with Gasteiger partial charge in [-0.1, -0.05) is 17.7 Å². The molecule has 6 heterocycles. The third-order valence-corrected chi connectivity index (χ3v) is 9.08. The van der Waals surface area contributed by atoms with Crippen LogP contribution in [0.1, 0.15) is 34.5 Å². The highest BCUT2D eigenvalue weighted by Gasteiger charge is 2.42. The van der Waals surface area contributed by atoms with E-state index in [1.54, 1.807) is 18.3 Å². The summed E-state index contributed by atoms with van der Waals surface area (Å²) in [7, 11) is 0. The first kappa shape index (κ1) is 26.4. The van der Waals surface area contributed by atoms with Gasteiger partial charge in [0.1, 0.15) is 21.9 Å². The maximum absolute atomic E-state index is 15.1. The van der Waals surface area contributed by atoms with Gasteiger partial charge in [0.15, 0.2) is 22.2 Å². The summed E-state index contributed by atoms with van der Waals surface area (Å²) in [6.07, 6.45) is 2.44. The van der Waals surface area contributed by atoms with E-state index >= 15 is 4.39 Å². The highest BCUT2D eigenvalue weighted by molar-refractivity contribution is 7.20. The van der Waals surface area contributed by atoms with Gasteiger partial charge in [-0.25, -0.2) is 14.2 Å². The predicted octanol–water partition coefficient (Wildman–Crippen LogP) is 4.74. The molecule has 10 nitrogen and oxygen atoms in total. The minimum absolute atomic E-state index is 0.0215. The van der Waals surface area contributed by atoms with Crippen LogP contribution in [-0.2, 0) is 23.6 Å². The van der Waals surface area contributed by atoms with Crippen molar-refractivity contribution in [1.82, 2.24) is 19.4 Å². The lowest BCUT2D eigenvalue weighted by molar-refractivity contribution is -0.0716. The molecule has 0 unspecified atom stereocenters. The normalized spacial score (nSPS) is 22.3. The van der Waals surface area contributed by atoms with E-state index in [9.17, 15) is 9.90 Å². The van der Waals surface area contributed by atoms with E-state index in [0.717, 1.165) is 55.4 Å². The molecular formula is C28H27ClFN5O5S. The molecule has 0 radical (unpaired) electrons. The summed E-state index contributed by atoms with van der Waals surface area (Å²) in [6, 6.07) is 9.44. The molecule has 0 saturated carbocycles. The molecule has 214 valence electrons.